The van der Waals surface area contributed by atoms with Crippen LogP contribution in [0.3, 0.4) is 0 Å². The van der Waals surface area contributed by atoms with E-state index in [1.54, 1.807) is 0 Å². The molecular weight excluding hydrogens is 370 g/mol. The van der Waals surface area contributed by atoms with E-state index in [4.69, 9.17) is 21.3 Å². The van der Waals surface area contributed by atoms with Gasteiger partial charge in [0.2, 0.25) is 5.95 Å². The third-order valence-electron chi connectivity index (χ3n) is 4.32. The molecule has 3 rings (SSSR count). The van der Waals surface area contributed by atoms with Crippen LogP contribution < -0.4 is 9.64 Å². The average molecular weight is 396 g/mol. The molecule has 1 aromatic heterocycles. The molecule has 0 N–H and O–H groups in total. The standard InChI is InChI=1S/C23H26ClN3O/c1-16(2)28-21-11-7-17(8-12-21)13-19-15-25-23(27(3)4)26-22(19)14-18-5-9-20(24)10-6-18/h5-12,15-16H,13-14H2,1-4H3. The van der Waals surface area contributed by atoms with Crippen LogP contribution in [-0.4, -0.2) is 30.2 Å². The van der Waals surface area contributed by atoms with Gasteiger partial charge < -0.3 is 9.64 Å². The molecule has 0 saturated heterocycles. The Balaban J connectivity index is 1.85. The molecule has 0 saturated carbocycles. The van der Waals surface area contributed by atoms with Crippen molar-refractivity contribution in [3.63, 3.8) is 0 Å². The van der Waals surface area contributed by atoms with Crippen molar-refractivity contribution in [1.82, 2.24) is 9.97 Å². The lowest BCUT2D eigenvalue weighted by atomic mass is 10.0. The lowest BCUT2D eigenvalue weighted by Gasteiger charge is -2.15. The maximum absolute atomic E-state index is 6.02. The van der Waals surface area contributed by atoms with Gasteiger partial charge in [-0.1, -0.05) is 35.9 Å². The van der Waals surface area contributed by atoms with E-state index < -0.39 is 0 Å². The van der Waals surface area contributed by atoms with Gasteiger partial charge in [0.05, 0.1) is 11.8 Å². The second-order valence-electron chi connectivity index (χ2n) is 7.33. The molecule has 0 aliphatic carbocycles. The summed E-state index contributed by atoms with van der Waals surface area (Å²) in [5, 5.41) is 0.740. The SMILES string of the molecule is CC(C)Oc1ccc(Cc2cnc(N(C)C)nc2Cc2ccc(Cl)cc2)cc1. The zero-order valence-corrected chi connectivity index (χ0v) is 17.6. The summed E-state index contributed by atoms with van der Waals surface area (Å²) in [5.41, 5.74) is 4.53. The number of hydrogen-bond acceptors (Lipinski definition) is 4. The van der Waals surface area contributed by atoms with Gasteiger partial charge in [-0.25, -0.2) is 9.97 Å². The molecule has 0 aliphatic rings. The van der Waals surface area contributed by atoms with Crippen molar-refractivity contribution in [3.8, 4) is 5.75 Å². The molecule has 2 aromatic carbocycles. The van der Waals surface area contributed by atoms with Crippen LogP contribution in [0.4, 0.5) is 5.95 Å². The summed E-state index contributed by atoms with van der Waals surface area (Å²) in [4.78, 5) is 11.2. The van der Waals surface area contributed by atoms with Crippen molar-refractivity contribution < 1.29 is 4.74 Å². The van der Waals surface area contributed by atoms with Crippen LogP contribution in [-0.2, 0) is 12.8 Å². The lowest BCUT2D eigenvalue weighted by molar-refractivity contribution is 0.242. The van der Waals surface area contributed by atoms with Crippen molar-refractivity contribution in [2.75, 3.05) is 19.0 Å². The van der Waals surface area contributed by atoms with Gasteiger partial charge in [0, 0.05) is 38.2 Å². The third kappa shape index (κ3) is 5.46. The van der Waals surface area contributed by atoms with Crippen molar-refractivity contribution >= 4 is 17.5 Å². The molecule has 0 fully saturated rings. The van der Waals surface area contributed by atoms with Gasteiger partial charge in [-0.3, -0.25) is 0 Å². The van der Waals surface area contributed by atoms with Gasteiger partial charge in [-0.05, 0) is 54.8 Å². The van der Waals surface area contributed by atoms with Crippen LogP contribution in [0.2, 0.25) is 5.02 Å². The summed E-state index contributed by atoms with van der Waals surface area (Å²) < 4.78 is 5.73. The number of rotatable bonds is 7. The minimum atomic E-state index is 0.170. The van der Waals surface area contributed by atoms with E-state index in [1.165, 1.54) is 11.1 Å². The number of hydrogen-bond donors (Lipinski definition) is 0. The fourth-order valence-corrected chi connectivity index (χ4v) is 3.05. The average Bonchev–Trinajstić information content (AvgIpc) is 2.66. The molecule has 146 valence electrons. The van der Waals surface area contributed by atoms with Crippen molar-refractivity contribution in [2.24, 2.45) is 0 Å². The van der Waals surface area contributed by atoms with Crippen LogP contribution >= 0.6 is 11.6 Å². The highest BCUT2D eigenvalue weighted by atomic mass is 35.5. The highest BCUT2D eigenvalue weighted by molar-refractivity contribution is 6.30. The first-order valence-electron chi connectivity index (χ1n) is 9.43. The smallest absolute Gasteiger partial charge is 0.225 e. The van der Waals surface area contributed by atoms with E-state index >= 15 is 0 Å². The third-order valence-corrected chi connectivity index (χ3v) is 4.57. The molecule has 3 aromatic rings. The first kappa shape index (κ1) is 20.2. The molecule has 4 nitrogen and oxygen atoms in total. The van der Waals surface area contributed by atoms with Gasteiger partial charge in [0.1, 0.15) is 5.75 Å². The van der Waals surface area contributed by atoms with E-state index in [9.17, 15) is 0 Å². The minimum absolute atomic E-state index is 0.170. The Morgan fingerprint density at radius 1 is 0.929 bits per heavy atom. The second-order valence-corrected chi connectivity index (χ2v) is 7.76. The van der Waals surface area contributed by atoms with Gasteiger partial charge in [-0.2, -0.15) is 0 Å². The molecule has 0 amide bonds. The summed E-state index contributed by atoms with van der Waals surface area (Å²) in [7, 11) is 3.91. The Morgan fingerprint density at radius 2 is 1.54 bits per heavy atom. The number of halogens is 1. The monoisotopic (exact) mass is 395 g/mol. The lowest BCUT2D eigenvalue weighted by Crippen LogP contribution is -2.15. The zero-order valence-electron chi connectivity index (χ0n) is 16.8. The predicted octanol–water partition coefficient (Wildman–Crippen LogP) is 5.16. The van der Waals surface area contributed by atoms with E-state index in [0.717, 1.165) is 34.9 Å². The normalized spacial score (nSPS) is 10.9. The topological polar surface area (TPSA) is 38.2 Å². The highest BCUT2D eigenvalue weighted by Crippen LogP contribution is 2.21. The molecule has 0 bridgehead atoms. The number of anilines is 1. The maximum Gasteiger partial charge on any atom is 0.225 e. The van der Waals surface area contributed by atoms with Crippen molar-refractivity contribution in [2.45, 2.75) is 32.8 Å². The van der Waals surface area contributed by atoms with E-state index in [0.29, 0.717) is 5.95 Å². The Morgan fingerprint density at radius 3 is 2.14 bits per heavy atom. The molecule has 0 unspecified atom stereocenters. The second kappa shape index (κ2) is 9.07. The van der Waals surface area contributed by atoms with E-state index in [1.807, 2.05) is 75.4 Å². The predicted molar refractivity (Wildman–Crippen MR) is 116 cm³/mol. The Labute approximate surface area is 172 Å². The van der Waals surface area contributed by atoms with Gasteiger partial charge in [-0.15, -0.1) is 0 Å². The van der Waals surface area contributed by atoms with Gasteiger partial charge >= 0.3 is 0 Å². The summed E-state index contributed by atoms with van der Waals surface area (Å²) in [6.45, 7) is 4.06. The quantitative estimate of drug-likeness (QED) is 0.553. The molecular formula is C23H26ClN3O. The molecule has 0 spiro atoms. The van der Waals surface area contributed by atoms with Crippen LogP contribution in [0.5, 0.6) is 5.75 Å². The Hall–Kier alpha value is -2.59. The van der Waals surface area contributed by atoms with Crippen LogP contribution in [0, 0.1) is 0 Å². The number of nitrogens with zero attached hydrogens (tertiary/aromatic N) is 3. The Bertz CT molecular complexity index is 906. The number of benzene rings is 2. The fraction of sp³-hybridized carbons (Fsp3) is 0.304. The van der Waals surface area contributed by atoms with Crippen molar-refractivity contribution in [1.29, 1.82) is 0 Å². The minimum Gasteiger partial charge on any atom is -0.491 e. The summed E-state index contributed by atoms with van der Waals surface area (Å²) in [6, 6.07) is 16.2. The molecule has 5 heteroatoms. The van der Waals surface area contributed by atoms with Crippen LogP contribution in [0.1, 0.15) is 36.2 Å². The van der Waals surface area contributed by atoms with Gasteiger partial charge in [0.15, 0.2) is 0 Å². The Kier molecular flexibility index (Phi) is 6.53. The summed E-state index contributed by atoms with van der Waals surface area (Å²) >= 11 is 6.02. The molecule has 0 aliphatic heterocycles. The zero-order chi connectivity index (χ0) is 20.1. The first-order chi connectivity index (χ1) is 13.4. The highest BCUT2D eigenvalue weighted by Gasteiger charge is 2.11. The molecule has 0 atom stereocenters. The van der Waals surface area contributed by atoms with Crippen LogP contribution in [0.25, 0.3) is 0 Å². The fourth-order valence-electron chi connectivity index (χ4n) is 2.92. The molecule has 28 heavy (non-hydrogen) atoms. The molecule has 0 radical (unpaired) electrons. The summed E-state index contributed by atoms with van der Waals surface area (Å²) in [6.07, 6.45) is 3.62. The summed E-state index contributed by atoms with van der Waals surface area (Å²) in [5.74, 6) is 1.60. The largest absolute Gasteiger partial charge is 0.491 e. The van der Waals surface area contributed by atoms with E-state index in [2.05, 4.69) is 17.1 Å². The van der Waals surface area contributed by atoms with E-state index in [-0.39, 0.29) is 6.10 Å². The van der Waals surface area contributed by atoms with Crippen LogP contribution in [0.15, 0.2) is 54.7 Å². The first-order valence-corrected chi connectivity index (χ1v) is 9.80. The van der Waals surface area contributed by atoms with Gasteiger partial charge in [0.25, 0.3) is 0 Å². The van der Waals surface area contributed by atoms with Crippen molar-refractivity contribution in [3.05, 3.63) is 82.1 Å². The number of aromatic nitrogens is 2. The molecule has 1 heterocycles. The number of ether oxygens (including phenoxy) is 1. The maximum atomic E-state index is 6.02.